The highest BCUT2D eigenvalue weighted by atomic mass is 16.5. The molecule has 4 bridgehead atoms. The molecule has 8 atom stereocenters. The molecule has 236 valence electrons. The minimum atomic E-state index is -0.932. The van der Waals surface area contributed by atoms with Crippen molar-refractivity contribution in [2.75, 3.05) is 27.2 Å². The van der Waals surface area contributed by atoms with Gasteiger partial charge in [-0.15, -0.1) is 0 Å². The minimum Gasteiger partial charge on any atom is -0.461 e. The van der Waals surface area contributed by atoms with Gasteiger partial charge in [-0.2, -0.15) is 0 Å². The normalized spacial score (nSPS) is 40.7. The van der Waals surface area contributed by atoms with Crippen LogP contribution in [-0.2, 0) is 24.5 Å². The standard InChI is InChI=1S/C38H52N2O4/c1-5-39(3)27-16-17-28(39)23-31(22-27)43-36(41)34-20-21-38(26-12-8-7-9-13-26,35-15-11-10-14-33(34)35)37(42)44-32-24-29-18-19-30(25-32)40(29,4)6-2/h7-15,27-32,34H,5-6,16-25H2,1-4H3/q+2/t27-,28-,29-,30+,31?,32?,34+,38-,39?,40?/m0/s1. The maximum atomic E-state index is 14.6. The van der Waals surface area contributed by atoms with Gasteiger partial charge in [0, 0.05) is 51.4 Å². The Balaban J connectivity index is 1.15. The van der Waals surface area contributed by atoms with E-state index in [1.165, 1.54) is 25.7 Å². The number of rotatable bonds is 7. The number of quaternary nitrogens is 2. The van der Waals surface area contributed by atoms with Crippen molar-refractivity contribution in [1.82, 2.24) is 0 Å². The molecule has 0 amide bonds. The highest BCUT2D eigenvalue weighted by molar-refractivity contribution is 5.91. The van der Waals surface area contributed by atoms with Gasteiger partial charge in [0.1, 0.15) is 17.6 Å². The van der Waals surface area contributed by atoms with Gasteiger partial charge in [0.25, 0.3) is 0 Å². The Morgan fingerprint density at radius 2 is 1.20 bits per heavy atom. The number of esters is 2. The number of benzene rings is 2. The maximum absolute atomic E-state index is 14.6. The summed E-state index contributed by atoms with van der Waals surface area (Å²) >= 11 is 0. The average molecular weight is 601 g/mol. The van der Waals surface area contributed by atoms with Crippen LogP contribution in [-0.4, -0.2) is 84.5 Å². The summed E-state index contributed by atoms with van der Waals surface area (Å²) in [4.78, 5) is 28.6. The molecule has 5 aliphatic rings. The van der Waals surface area contributed by atoms with E-state index in [2.05, 4.69) is 46.1 Å². The molecule has 44 heavy (non-hydrogen) atoms. The molecular formula is C38H52N2O4+2. The van der Waals surface area contributed by atoms with Gasteiger partial charge >= 0.3 is 11.9 Å². The Labute approximate surface area is 263 Å². The van der Waals surface area contributed by atoms with E-state index in [-0.39, 0.29) is 30.1 Å². The topological polar surface area (TPSA) is 52.6 Å². The maximum Gasteiger partial charge on any atom is 0.321 e. The molecule has 0 spiro atoms. The third-order valence-corrected chi connectivity index (χ3v) is 13.6. The van der Waals surface area contributed by atoms with Gasteiger partial charge in [0.2, 0.25) is 0 Å². The van der Waals surface area contributed by atoms with Gasteiger partial charge in [-0.25, -0.2) is 0 Å². The molecule has 2 unspecified atom stereocenters. The highest BCUT2D eigenvalue weighted by Crippen LogP contribution is 2.50. The lowest BCUT2D eigenvalue weighted by Crippen LogP contribution is -2.59. The third kappa shape index (κ3) is 4.57. The Morgan fingerprint density at radius 3 is 1.75 bits per heavy atom. The fraction of sp³-hybridized carbons (Fsp3) is 0.632. The molecule has 0 saturated carbocycles. The second kappa shape index (κ2) is 11.3. The molecule has 6 heteroatoms. The largest absolute Gasteiger partial charge is 0.461 e. The van der Waals surface area contributed by atoms with E-state index in [1.54, 1.807) is 0 Å². The van der Waals surface area contributed by atoms with Gasteiger partial charge in [-0.3, -0.25) is 9.59 Å². The molecule has 2 aromatic rings. The molecule has 4 heterocycles. The minimum absolute atomic E-state index is 0.00966. The molecule has 4 saturated heterocycles. The number of piperidine rings is 2. The summed E-state index contributed by atoms with van der Waals surface area (Å²) in [5.41, 5.74) is 1.86. The summed E-state index contributed by atoms with van der Waals surface area (Å²) in [5.74, 6) is -0.638. The zero-order valence-electron chi connectivity index (χ0n) is 27.3. The quantitative estimate of drug-likeness (QED) is 0.278. The lowest BCUT2D eigenvalue weighted by atomic mass is 9.63. The van der Waals surface area contributed by atoms with Crippen LogP contribution in [0.2, 0.25) is 0 Å². The van der Waals surface area contributed by atoms with Crippen molar-refractivity contribution in [1.29, 1.82) is 0 Å². The zero-order chi connectivity index (χ0) is 30.7. The summed E-state index contributed by atoms with van der Waals surface area (Å²) in [5, 5.41) is 0. The first-order valence-corrected chi connectivity index (χ1v) is 17.5. The van der Waals surface area contributed by atoms with E-state index in [9.17, 15) is 9.59 Å². The third-order valence-electron chi connectivity index (χ3n) is 13.6. The Kier molecular flexibility index (Phi) is 7.68. The molecule has 2 aromatic carbocycles. The first-order chi connectivity index (χ1) is 21.2. The number of fused-ring (bicyclic) bond motifs is 5. The molecule has 0 N–H and O–H groups in total. The van der Waals surface area contributed by atoms with Crippen LogP contribution < -0.4 is 0 Å². The van der Waals surface area contributed by atoms with Crippen LogP contribution in [0.4, 0.5) is 0 Å². The van der Waals surface area contributed by atoms with Crippen molar-refractivity contribution in [3.05, 3.63) is 71.3 Å². The molecule has 0 aromatic heterocycles. The van der Waals surface area contributed by atoms with Crippen molar-refractivity contribution >= 4 is 11.9 Å². The zero-order valence-corrected chi connectivity index (χ0v) is 27.3. The van der Waals surface area contributed by atoms with Crippen LogP contribution in [0.1, 0.15) is 101 Å². The number of hydrogen-bond donors (Lipinski definition) is 0. The lowest BCUT2D eigenvalue weighted by molar-refractivity contribution is -0.947. The van der Waals surface area contributed by atoms with E-state index >= 15 is 0 Å². The predicted octanol–water partition coefficient (Wildman–Crippen LogP) is 6.26. The van der Waals surface area contributed by atoms with E-state index in [1.807, 2.05) is 36.4 Å². The van der Waals surface area contributed by atoms with Gasteiger partial charge in [-0.05, 0) is 43.4 Å². The van der Waals surface area contributed by atoms with Crippen LogP contribution in [0.15, 0.2) is 54.6 Å². The van der Waals surface area contributed by atoms with Crippen molar-refractivity contribution in [2.45, 2.75) is 126 Å². The van der Waals surface area contributed by atoms with E-state index in [0.717, 1.165) is 64.4 Å². The number of ether oxygens (including phenoxy) is 2. The van der Waals surface area contributed by atoms with Crippen LogP contribution >= 0.6 is 0 Å². The molecule has 1 aliphatic carbocycles. The van der Waals surface area contributed by atoms with E-state index in [4.69, 9.17) is 9.47 Å². The summed E-state index contributed by atoms with van der Waals surface area (Å²) in [7, 11) is 4.78. The Hall–Kier alpha value is -2.70. The molecule has 4 fully saturated rings. The molecule has 4 aliphatic heterocycles. The van der Waals surface area contributed by atoms with Gasteiger partial charge in [-0.1, -0.05) is 54.6 Å². The fourth-order valence-corrected chi connectivity index (χ4v) is 10.5. The number of nitrogens with zero attached hydrogens (tertiary/aromatic N) is 2. The monoisotopic (exact) mass is 600 g/mol. The average Bonchev–Trinajstić information content (AvgIpc) is 3.29. The number of hydrogen-bond acceptors (Lipinski definition) is 4. The van der Waals surface area contributed by atoms with Crippen molar-refractivity contribution in [3.8, 4) is 0 Å². The highest BCUT2D eigenvalue weighted by Gasteiger charge is 2.55. The summed E-state index contributed by atoms with van der Waals surface area (Å²) in [6.07, 6.45) is 9.75. The van der Waals surface area contributed by atoms with Crippen LogP contribution in [0.25, 0.3) is 0 Å². The van der Waals surface area contributed by atoms with Gasteiger partial charge in [0.05, 0.1) is 57.3 Å². The SMILES string of the molecule is CC[N+]1(C)[C@H]2CC[C@H]1CC(OC(=O)[C@@H]1CC[C@](C(=O)OC3C[C@H]4CC[C@@H](C3)[N+]4(C)CC)(c3ccccc3)c3ccccc31)C2. The smallest absolute Gasteiger partial charge is 0.321 e. The predicted molar refractivity (Wildman–Crippen MR) is 171 cm³/mol. The second-order valence-electron chi connectivity index (χ2n) is 15.1. The molecule has 0 radical (unpaired) electrons. The van der Waals surface area contributed by atoms with E-state index < -0.39 is 5.41 Å². The van der Waals surface area contributed by atoms with Crippen molar-refractivity contribution in [2.24, 2.45) is 0 Å². The first kappa shape index (κ1) is 30.0. The lowest BCUT2D eigenvalue weighted by Gasteiger charge is -2.47. The van der Waals surface area contributed by atoms with Crippen LogP contribution in [0.3, 0.4) is 0 Å². The summed E-state index contributed by atoms with van der Waals surface area (Å²) in [6, 6.07) is 20.5. The Bertz CT molecular complexity index is 1360. The summed E-state index contributed by atoms with van der Waals surface area (Å²) in [6.45, 7) is 6.86. The van der Waals surface area contributed by atoms with Gasteiger partial charge < -0.3 is 18.4 Å². The first-order valence-electron chi connectivity index (χ1n) is 17.5. The molecule has 7 rings (SSSR count). The number of carbonyl (C=O) groups excluding carboxylic acids is 2. The van der Waals surface area contributed by atoms with Crippen LogP contribution in [0, 0.1) is 0 Å². The summed E-state index contributed by atoms with van der Waals surface area (Å²) < 4.78 is 15.2. The van der Waals surface area contributed by atoms with Crippen molar-refractivity contribution in [3.63, 3.8) is 0 Å². The fourth-order valence-electron chi connectivity index (χ4n) is 10.5. The number of carbonyl (C=O) groups is 2. The Morgan fingerprint density at radius 1 is 0.705 bits per heavy atom. The van der Waals surface area contributed by atoms with E-state index in [0.29, 0.717) is 37.0 Å². The molecular weight excluding hydrogens is 548 g/mol. The van der Waals surface area contributed by atoms with Gasteiger partial charge in [0.15, 0.2) is 0 Å². The van der Waals surface area contributed by atoms with Crippen LogP contribution in [0.5, 0.6) is 0 Å². The van der Waals surface area contributed by atoms with Crippen molar-refractivity contribution < 1.29 is 28.0 Å². The second-order valence-corrected chi connectivity index (χ2v) is 15.1. The molecule has 6 nitrogen and oxygen atoms in total.